The molecule has 0 radical (unpaired) electrons. The number of aliphatic carboxylic acids is 1. The minimum absolute atomic E-state index is 0.354. The molecule has 2 rings (SSSR count). The van der Waals surface area contributed by atoms with E-state index in [-0.39, 0.29) is 6.04 Å². The summed E-state index contributed by atoms with van der Waals surface area (Å²) in [4.78, 5) is 15.5. The molecule has 21 heavy (non-hydrogen) atoms. The van der Waals surface area contributed by atoms with E-state index in [9.17, 15) is 4.79 Å². The van der Waals surface area contributed by atoms with Crippen LogP contribution in [0.2, 0.25) is 0 Å². The third kappa shape index (κ3) is 4.83. The Kier molecular flexibility index (Phi) is 5.76. The van der Waals surface area contributed by atoms with E-state index in [0.717, 1.165) is 39.0 Å². The van der Waals surface area contributed by atoms with E-state index in [0.29, 0.717) is 5.92 Å². The van der Waals surface area contributed by atoms with Crippen molar-refractivity contribution in [3.05, 3.63) is 35.9 Å². The highest BCUT2D eigenvalue weighted by molar-refractivity contribution is 5.72. The summed E-state index contributed by atoms with van der Waals surface area (Å²) in [6.45, 7) is 5.65. The Morgan fingerprint density at radius 2 is 1.95 bits per heavy atom. The van der Waals surface area contributed by atoms with Crippen LogP contribution in [-0.2, 0) is 11.3 Å². The van der Waals surface area contributed by atoms with E-state index in [4.69, 9.17) is 5.11 Å². The highest BCUT2D eigenvalue weighted by Crippen LogP contribution is 2.20. The maximum absolute atomic E-state index is 11.0. The van der Waals surface area contributed by atoms with Gasteiger partial charge in [-0.2, -0.15) is 0 Å². The predicted molar refractivity (Wildman–Crippen MR) is 84.2 cm³/mol. The SMILES string of the molecule is CC(C(=O)O)N1CCC(CN(C)Cc2ccccc2)CC1. The minimum atomic E-state index is -0.713. The van der Waals surface area contributed by atoms with Crippen LogP contribution >= 0.6 is 0 Å². The van der Waals surface area contributed by atoms with Gasteiger partial charge in [0.1, 0.15) is 6.04 Å². The summed E-state index contributed by atoms with van der Waals surface area (Å²) in [6, 6.07) is 10.2. The van der Waals surface area contributed by atoms with Crippen LogP contribution in [0.25, 0.3) is 0 Å². The smallest absolute Gasteiger partial charge is 0.320 e. The number of nitrogens with zero attached hydrogens (tertiary/aromatic N) is 2. The molecule has 1 aliphatic rings. The topological polar surface area (TPSA) is 43.8 Å². The van der Waals surface area contributed by atoms with Crippen molar-refractivity contribution in [2.75, 3.05) is 26.7 Å². The van der Waals surface area contributed by atoms with Crippen molar-refractivity contribution in [3.63, 3.8) is 0 Å². The van der Waals surface area contributed by atoms with Gasteiger partial charge in [-0.1, -0.05) is 30.3 Å². The molecule has 0 spiro atoms. The van der Waals surface area contributed by atoms with E-state index in [1.54, 1.807) is 6.92 Å². The first-order valence-corrected chi connectivity index (χ1v) is 7.75. The molecule has 1 aliphatic heterocycles. The number of carboxylic acid groups (broad SMARTS) is 1. The standard InChI is InChI=1S/C17H26N2O2/c1-14(17(20)21)19-10-8-16(9-11-19)13-18(2)12-15-6-4-3-5-7-15/h3-7,14,16H,8-13H2,1-2H3,(H,20,21). The van der Waals surface area contributed by atoms with Crippen LogP contribution in [0, 0.1) is 5.92 Å². The fourth-order valence-electron chi connectivity index (χ4n) is 3.08. The second-order valence-electron chi connectivity index (χ2n) is 6.18. The lowest BCUT2D eigenvalue weighted by Crippen LogP contribution is -2.45. The summed E-state index contributed by atoms with van der Waals surface area (Å²) in [5.74, 6) is -0.0365. The van der Waals surface area contributed by atoms with Gasteiger partial charge in [0.05, 0.1) is 0 Å². The first kappa shape index (κ1) is 16.0. The summed E-state index contributed by atoms with van der Waals surface area (Å²) >= 11 is 0. The molecule has 1 heterocycles. The third-order valence-corrected chi connectivity index (χ3v) is 4.42. The Morgan fingerprint density at radius 1 is 1.33 bits per heavy atom. The maximum Gasteiger partial charge on any atom is 0.320 e. The zero-order chi connectivity index (χ0) is 15.2. The van der Waals surface area contributed by atoms with Gasteiger partial charge < -0.3 is 10.0 Å². The summed E-state index contributed by atoms with van der Waals surface area (Å²) in [5, 5.41) is 9.06. The quantitative estimate of drug-likeness (QED) is 0.873. The molecule has 1 aromatic carbocycles. The first-order valence-electron chi connectivity index (χ1n) is 7.75. The van der Waals surface area contributed by atoms with Gasteiger partial charge in [0.15, 0.2) is 0 Å². The van der Waals surface area contributed by atoms with Gasteiger partial charge in [0.25, 0.3) is 0 Å². The molecule has 1 aromatic rings. The average Bonchev–Trinajstić information content (AvgIpc) is 2.48. The van der Waals surface area contributed by atoms with Crippen LogP contribution in [0.5, 0.6) is 0 Å². The van der Waals surface area contributed by atoms with Gasteiger partial charge in [-0.15, -0.1) is 0 Å². The van der Waals surface area contributed by atoms with Gasteiger partial charge in [-0.25, -0.2) is 0 Å². The molecular formula is C17H26N2O2. The maximum atomic E-state index is 11.0. The van der Waals surface area contributed by atoms with Crippen LogP contribution in [0.15, 0.2) is 30.3 Å². The number of hydrogen-bond acceptors (Lipinski definition) is 3. The van der Waals surface area contributed by atoms with Crippen LogP contribution in [0.1, 0.15) is 25.3 Å². The van der Waals surface area contributed by atoms with Gasteiger partial charge in [-0.05, 0) is 51.4 Å². The van der Waals surface area contributed by atoms with Crippen molar-refractivity contribution in [1.29, 1.82) is 0 Å². The van der Waals surface area contributed by atoms with Crippen LogP contribution < -0.4 is 0 Å². The Balaban J connectivity index is 1.74. The van der Waals surface area contributed by atoms with Gasteiger partial charge in [-0.3, -0.25) is 9.69 Å². The van der Waals surface area contributed by atoms with Gasteiger partial charge in [0.2, 0.25) is 0 Å². The number of carboxylic acids is 1. The molecule has 1 fully saturated rings. The normalized spacial score (nSPS) is 18.8. The van der Waals surface area contributed by atoms with Crippen molar-refractivity contribution in [1.82, 2.24) is 9.80 Å². The number of hydrogen-bond donors (Lipinski definition) is 1. The Morgan fingerprint density at radius 3 is 2.52 bits per heavy atom. The lowest BCUT2D eigenvalue weighted by Gasteiger charge is -2.35. The molecule has 1 atom stereocenters. The van der Waals surface area contributed by atoms with Crippen molar-refractivity contribution in [3.8, 4) is 0 Å². The summed E-state index contributed by atoms with van der Waals surface area (Å²) in [6.07, 6.45) is 2.19. The third-order valence-electron chi connectivity index (χ3n) is 4.42. The molecule has 1 saturated heterocycles. The van der Waals surface area contributed by atoms with Gasteiger partial charge in [0, 0.05) is 13.1 Å². The van der Waals surface area contributed by atoms with E-state index in [1.807, 2.05) is 6.07 Å². The lowest BCUT2D eigenvalue weighted by molar-refractivity contribution is -0.143. The van der Waals surface area contributed by atoms with Gasteiger partial charge >= 0.3 is 5.97 Å². The fraction of sp³-hybridized carbons (Fsp3) is 0.588. The summed E-state index contributed by atoms with van der Waals surface area (Å²) in [5.41, 5.74) is 1.34. The second-order valence-corrected chi connectivity index (χ2v) is 6.18. The molecule has 1 N–H and O–H groups in total. The monoisotopic (exact) mass is 290 g/mol. The molecule has 4 heteroatoms. The lowest BCUT2D eigenvalue weighted by atomic mass is 9.95. The van der Waals surface area contributed by atoms with Crippen molar-refractivity contribution in [2.45, 2.75) is 32.4 Å². The van der Waals surface area contributed by atoms with E-state index in [1.165, 1.54) is 5.56 Å². The minimum Gasteiger partial charge on any atom is -0.480 e. The molecule has 116 valence electrons. The Hall–Kier alpha value is -1.39. The molecule has 0 aromatic heterocycles. The molecule has 4 nitrogen and oxygen atoms in total. The molecule has 0 amide bonds. The number of benzene rings is 1. The van der Waals surface area contributed by atoms with Crippen molar-refractivity contribution < 1.29 is 9.90 Å². The molecule has 0 bridgehead atoms. The highest BCUT2D eigenvalue weighted by atomic mass is 16.4. The molecule has 0 aliphatic carbocycles. The van der Waals surface area contributed by atoms with Crippen molar-refractivity contribution in [2.24, 2.45) is 5.92 Å². The largest absolute Gasteiger partial charge is 0.480 e. The predicted octanol–water partition coefficient (Wildman–Crippen LogP) is 2.30. The molecule has 1 unspecified atom stereocenters. The molecule has 0 saturated carbocycles. The zero-order valence-electron chi connectivity index (χ0n) is 13.0. The Labute approximate surface area is 127 Å². The Bertz CT molecular complexity index is 441. The van der Waals surface area contributed by atoms with E-state index in [2.05, 4.69) is 41.1 Å². The van der Waals surface area contributed by atoms with E-state index < -0.39 is 5.97 Å². The number of piperidine rings is 1. The number of carbonyl (C=O) groups is 1. The fourth-order valence-corrected chi connectivity index (χ4v) is 3.08. The van der Waals surface area contributed by atoms with E-state index >= 15 is 0 Å². The zero-order valence-corrected chi connectivity index (χ0v) is 13.0. The summed E-state index contributed by atoms with van der Waals surface area (Å²) in [7, 11) is 2.17. The van der Waals surface area contributed by atoms with Crippen LogP contribution in [-0.4, -0.2) is 53.6 Å². The second kappa shape index (κ2) is 7.57. The molecular weight excluding hydrogens is 264 g/mol. The highest BCUT2D eigenvalue weighted by Gasteiger charge is 2.26. The van der Waals surface area contributed by atoms with Crippen molar-refractivity contribution >= 4 is 5.97 Å². The number of likely N-dealkylation sites (tertiary alicyclic amines) is 1. The summed E-state index contributed by atoms with van der Waals surface area (Å²) < 4.78 is 0. The first-order chi connectivity index (χ1) is 10.1. The van der Waals surface area contributed by atoms with Crippen LogP contribution in [0.3, 0.4) is 0 Å². The average molecular weight is 290 g/mol. The van der Waals surface area contributed by atoms with Crippen LogP contribution in [0.4, 0.5) is 0 Å². The number of rotatable bonds is 6.